The van der Waals surface area contributed by atoms with Crippen LogP contribution in [0, 0.1) is 0 Å². The van der Waals surface area contributed by atoms with Gasteiger partial charge in [-0.3, -0.25) is 0 Å². The van der Waals surface area contributed by atoms with Crippen LogP contribution in [0.3, 0.4) is 0 Å². The molecule has 1 atom stereocenters. The van der Waals surface area contributed by atoms with Crippen molar-refractivity contribution < 1.29 is 4.74 Å². The molecule has 0 saturated carbocycles. The smallest absolute Gasteiger partial charge is 0.126 e. The number of rotatable bonds is 2. The second-order valence-corrected chi connectivity index (χ2v) is 4.31. The van der Waals surface area contributed by atoms with Crippen LogP contribution in [0.15, 0.2) is 18.2 Å². The van der Waals surface area contributed by atoms with Gasteiger partial charge in [-0.15, -0.1) is 0 Å². The Bertz CT molecular complexity index is 349. The first-order chi connectivity index (χ1) is 7.16. The Morgan fingerprint density at radius 3 is 3.00 bits per heavy atom. The van der Waals surface area contributed by atoms with Crippen LogP contribution in [-0.2, 0) is 0 Å². The molecule has 1 aromatic rings. The van der Waals surface area contributed by atoms with E-state index in [1.165, 1.54) is 5.56 Å². The molecular weight excluding hydrogens is 188 g/mol. The standard InChI is InChI=1S/C12H18N2O/c1-8(2)14-11-5-6-15-12-7-9(13)3-4-10(11)12/h3-4,7-8,11,14H,5-6,13H2,1-2H3. The van der Waals surface area contributed by atoms with Gasteiger partial charge in [-0.2, -0.15) is 0 Å². The average Bonchev–Trinajstić information content (AvgIpc) is 2.16. The van der Waals surface area contributed by atoms with Gasteiger partial charge in [-0.05, 0) is 6.07 Å². The molecule has 15 heavy (non-hydrogen) atoms. The predicted octanol–water partition coefficient (Wildman–Crippen LogP) is 2.09. The monoisotopic (exact) mass is 206 g/mol. The lowest BCUT2D eigenvalue weighted by atomic mass is 9.99. The molecule has 3 N–H and O–H groups in total. The maximum atomic E-state index is 5.73. The number of anilines is 1. The molecule has 0 bridgehead atoms. The normalized spacial score (nSPS) is 19.8. The lowest BCUT2D eigenvalue weighted by Gasteiger charge is -2.28. The lowest BCUT2D eigenvalue weighted by Crippen LogP contribution is -2.31. The van der Waals surface area contributed by atoms with Crippen molar-refractivity contribution in [2.75, 3.05) is 12.3 Å². The summed E-state index contributed by atoms with van der Waals surface area (Å²) < 4.78 is 5.60. The van der Waals surface area contributed by atoms with Crippen molar-refractivity contribution in [2.24, 2.45) is 0 Å². The van der Waals surface area contributed by atoms with Crippen LogP contribution in [0.1, 0.15) is 31.9 Å². The summed E-state index contributed by atoms with van der Waals surface area (Å²) in [4.78, 5) is 0. The van der Waals surface area contributed by atoms with Gasteiger partial charge in [0, 0.05) is 35.8 Å². The number of benzene rings is 1. The van der Waals surface area contributed by atoms with Crippen molar-refractivity contribution in [1.82, 2.24) is 5.32 Å². The minimum atomic E-state index is 0.398. The molecule has 1 unspecified atom stereocenters. The summed E-state index contributed by atoms with van der Waals surface area (Å²) >= 11 is 0. The fourth-order valence-corrected chi connectivity index (χ4v) is 1.98. The fraction of sp³-hybridized carbons (Fsp3) is 0.500. The van der Waals surface area contributed by atoms with Gasteiger partial charge in [-0.25, -0.2) is 0 Å². The number of nitrogens with two attached hydrogens (primary N) is 1. The highest BCUT2D eigenvalue weighted by molar-refractivity contribution is 5.50. The van der Waals surface area contributed by atoms with Crippen LogP contribution in [0.2, 0.25) is 0 Å². The molecule has 0 fully saturated rings. The molecule has 0 aliphatic carbocycles. The lowest BCUT2D eigenvalue weighted by molar-refractivity contribution is 0.247. The van der Waals surface area contributed by atoms with Crippen molar-refractivity contribution in [3.05, 3.63) is 23.8 Å². The zero-order valence-corrected chi connectivity index (χ0v) is 9.29. The van der Waals surface area contributed by atoms with Gasteiger partial charge in [0.05, 0.1) is 6.61 Å². The molecule has 82 valence electrons. The highest BCUT2D eigenvalue weighted by Crippen LogP contribution is 2.33. The van der Waals surface area contributed by atoms with Crippen molar-refractivity contribution in [3.63, 3.8) is 0 Å². The number of hydrogen-bond donors (Lipinski definition) is 2. The Morgan fingerprint density at radius 2 is 2.27 bits per heavy atom. The molecule has 3 nitrogen and oxygen atoms in total. The predicted molar refractivity (Wildman–Crippen MR) is 62.0 cm³/mol. The number of nitrogens with one attached hydrogen (secondary N) is 1. The first-order valence-electron chi connectivity index (χ1n) is 5.45. The Labute approximate surface area is 90.6 Å². The van der Waals surface area contributed by atoms with Crippen molar-refractivity contribution in [2.45, 2.75) is 32.4 Å². The third kappa shape index (κ3) is 2.23. The highest BCUT2D eigenvalue weighted by Gasteiger charge is 2.21. The van der Waals surface area contributed by atoms with Gasteiger partial charge in [-0.1, -0.05) is 19.9 Å². The molecule has 0 amide bonds. The van der Waals surface area contributed by atoms with E-state index in [4.69, 9.17) is 10.5 Å². The van der Waals surface area contributed by atoms with Crippen LogP contribution in [0.5, 0.6) is 5.75 Å². The molecular formula is C12H18N2O. The van der Waals surface area contributed by atoms with E-state index in [0.29, 0.717) is 12.1 Å². The SMILES string of the molecule is CC(C)NC1CCOc2cc(N)ccc21. The van der Waals surface area contributed by atoms with E-state index < -0.39 is 0 Å². The first kappa shape index (κ1) is 10.3. The van der Waals surface area contributed by atoms with Gasteiger partial charge in [0.2, 0.25) is 0 Å². The molecule has 1 aliphatic rings. The van der Waals surface area contributed by atoms with Crippen molar-refractivity contribution in [3.8, 4) is 5.75 Å². The minimum absolute atomic E-state index is 0.398. The number of ether oxygens (including phenoxy) is 1. The number of nitrogen functional groups attached to an aromatic ring is 1. The fourth-order valence-electron chi connectivity index (χ4n) is 1.98. The Morgan fingerprint density at radius 1 is 1.47 bits per heavy atom. The number of hydrogen-bond acceptors (Lipinski definition) is 3. The molecule has 1 aliphatic heterocycles. The highest BCUT2D eigenvalue weighted by atomic mass is 16.5. The van der Waals surface area contributed by atoms with Crippen LogP contribution in [-0.4, -0.2) is 12.6 Å². The van der Waals surface area contributed by atoms with Crippen LogP contribution < -0.4 is 15.8 Å². The third-order valence-electron chi connectivity index (χ3n) is 2.61. The summed E-state index contributed by atoms with van der Waals surface area (Å²) in [6.07, 6.45) is 1.02. The van der Waals surface area contributed by atoms with Crippen LogP contribution >= 0.6 is 0 Å². The van der Waals surface area contributed by atoms with Crippen molar-refractivity contribution >= 4 is 5.69 Å². The molecule has 3 heteroatoms. The topological polar surface area (TPSA) is 47.3 Å². The summed E-state index contributed by atoms with van der Waals surface area (Å²) in [5.74, 6) is 0.930. The molecule has 0 aromatic heterocycles. The number of fused-ring (bicyclic) bond motifs is 1. The third-order valence-corrected chi connectivity index (χ3v) is 2.61. The van der Waals surface area contributed by atoms with E-state index in [1.54, 1.807) is 0 Å². The summed E-state index contributed by atoms with van der Waals surface area (Å²) in [7, 11) is 0. The Balaban J connectivity index is 2.26. The largest absolute Gasteiger partial charge is 0.493 e. The zero-order chi connectivity index (χ0) is 10.8. The Kier molecular flexibility index (Phi) is 2.82. The minimum Gasteiger partial charge on any atom is -0.493 e. The first-order valence-corrected chi connectivity index (χ1v) is 5.45. The van der Waals surface area contributed by atoms with E-state index >= 15 is 0 Å². The van der Waals surface area contributed by atoms with E-state index in [2.05, 4.69) is 25.2 Å². The van der Waals surface area contributed by atoms with Crippen LogP contribution in [0.4, 0.5) is 5.69 Å². The summed E-state index contributed by atoms with van der Waals surface area (Å²) in [6, 6.07) is 6.78. The molecule has 0 spiro atoms. The molecule has 0 radical (unpaired) electrons. The van der Waals surface area contributed by atoms with Gasteiger partial charge >= 0.3 is 0 Å². The maximum Gasteiger partial charge on any atom is 0.126 e. The summed E-state index contributed by atoms with van der Waals surface area (Å²) in [5, 5.41) is 3.54. The van der Waals surface area contributed by atoms with Crippen LogP contribution in [0.25, 0.3) is 0 Å². The average molecular weight is 206 g/mol. The van der Waals surface area contributed by atoms with E-state index in [0.717, 1.165) is 24.5 Å². The van der Waals surface area contributed by atoms with E-state index in [1.807, 2.05) is 12.1 Å². The van der Waals surface area contributed by atoms with Gasteiger partial charge in [0.1, 0.15) is 5.75 Å². The second-order valence-electron chi connectivity index (χ2n) is 4.31. The molecule has 1 aromatic carbocycles. The molecule has 2 rings (SSSR count). The second kappa shape index (κ2) is 4.11. The van der Waals surface area contributed by atoms with E-state index in [-0.39, 0.29) is 0 Å². The summed E-state index contributed by atoms with van der Waals surface area (Å²) in [6.45, 7) is 5.08. The quantitative estimate of drug-likeness (QED) is 0.728. The van der Waals surface area contributed by atoms with Crippen molar-refractivity contribution in [1.29, 1.82) is 0 Å². The Hall–Kier alpha value is -1.22. The zero-order valence-electron chi connectivity index (χ0n) is 9.29. The van der Waals surface area contributed by atoms with Gasteiger partial charge in [0.15, 0.2) is 0 Å². The maximum absolute atomic E-state index is 5.73. The van der Waals surface area contributed by atoms with E-state index in [9.17, 15) is 0 Å². The van der Waals surface area contributed by atoms with Gasteiger partial charge < -0.3 is 15.8 Å². The molecule has 1 heterocycles. The molecule has 0 saturated heterocycles. The van der Waals surface area contributed by atoms with Gasteiger partial charge in [0.25, 0.3) is 0 Å². The summed E-state index contributed by atoms with van der Waals surface area (Å²) in [5.41, 5.74) is 7.72.